The van der Waals surface area contributed by atoms with Crippen LogP contribution in [0.5, 0.6) is 0 Å². The zero-order chi connectivity index (χ0) is 19.0. The lowest BCUT2D eigenvalue weighted by Crippen LogP contribution is -2.28. The van der Waals surface area contributed by atoms with E-state index in [0.29, 0.717) is 27.4 Å². The van der Waals surface area contributed by atoms with E-state index in [1.807, 2.05) is 4.68 Å². The van der Waals surface area contributed by atoms with Gasteiger partial charge in [0.15, 0.2) is 0 Å². The molecule has 1 saturated carbocycles. The van der Waals surface area contributed by atoms with Crippen molar-refractivity contribution in [2.75, 3.05) is 5.32 Å². The summed E-state index contributed by atoms with van der Waals surface area (Å²) in [5.41, 5.74) is -0.00844. The molecule has 0 radical (unpaired) electrons. The van der Waals surface area contributed by atoms with Crippen molar-refractivity contribution in [1.29, 1.82) is 0 Å². The van der Waals surface area contributed by atoms with E-state index in [2.05, 4.69) is 15.4 Å². The minimum Gasteiger partial charge on any atom is -0.309 e. The van der Waals surface area contributed by atoms with E-state index in [9.17, 15) is 9.59 Å². The van der Waals surface area contributed by atoms with Gasteiger partial charge in [-0.2, -0.15) is 5.10 Å². The predicted octanol–water partition coefficient (Wildman–Crippen LogP) is 3.65. The van der Waals surface area contributed by atoms with Gasteiger partial charge < -0.3 is 5.32 Å². The molecule has 2 aromatic heterocycles. The van der Waals surface area contributed by atoms with E-state index >= 15 is 0 Å². The first-order valence-electron chi connectivity index (χ1n) is 8.70. The lowest BCUT2D eigenvalue weighted by atomic mass is 10.2. The number of fused-ring (bicyclic) bond motifs is 1. The van der Waals surface area contributed by atoms with Gasteiger partial charge in [-0.3, -0.25) is 14.2 Å². The first kappa shape index (κ1) is 18.0. The smallest absolute Gasteiger partial charge is 0.261 e. The largest absolute Gasteiger partial charge is 0.309 e. The molecule has 1 aromatic carbocycles. The first-order chi connectivity index (χ1) is 13.0. The highest BCUT2D eigenvalue weighted by molar-refractivity contribution is 6.38. The first-order valence-corrected chi connectivity index (χ1v) is 9.46. The molecule has 3 aromatic rings. The normalized spacial score (nSPS) is 14.7. The number of carbonyl (C=O) groups excluding carboxylic acids is 1. The van der Waals surface area contributed by atoms with Gasteiger partial charge >= 0.3 is 0 Å². The molecular formula is C18H17Cl2N5O2. The Balaban J connectivity index is 1.56. The molecule has 1 N–H and O–H groups in total. The highest BCUT2D eigenvalue weighted by Crippen LogP contribution is 2.31. The number of hydrogen-bond donors (Lipinski definition) is 1. The summed E-state index contributed by atoms with van der Waals surface area (Å²) in [6.07, 6.45) is 7.43. The van der Waals surface area contributed by atoms with Gasteiger partial charge in [-0.25, -0.2) is 9.67 Å². The number of nitrogens with one attached hydrogen (secondary N) is 1. The highest BCUT2D eigenvalue weighted by atomic mass is 35.5. The monoisotopic (exact) mass is 405 g/mol. The number of rotatable bonds is 4. The van der Waals surface area contributed by atoms with Crippen molar-refractivity contribution in [1.82, 2.24) is 19.3 Å². The van der Waals surface area contributed by atoms with E-state index < -0.39 is 0 Å². The highest BCUT2D eigenvalue weighted by Gasteiger charge is 2.20. The quantitative estimate of drug-likeness (QED) is 0.717. The Labute approximate surface area is 164 Å². The van der Waals surface area contributed by atoms with Crippen LogP contribution in [0.15, 0.2) is 35.5 Å². The van der Waals surface area contributed by atoms with Gasteiger partial charge in [0.1, 0.15) is 12.4 Å². The molecule has 9 heteroatoms. The molecule has 0 unspecified atom stereocenters. The third-order valence-corrected chi connectivity index (χ3v) is 5.27. The van der Waals surface area contributed by atoms with Gasteiger partial charge in [0, 0.05) is 11.1 Å². The van der Waals surface area contributed by atoms with Crippen LogP contribution < -0.4 is 10.9 Å². The summed E-state index contributed by atoms with van der Waals surface area (Å²) in [5, 5.41) is 8.08. The summed E-state index contributed by atoms with van der Waals surface area (Å²) in [5.74, 6) is 0.311. The van der Waals surface area contributed by atoms with Crippen LogP contribution in [-0.2, 0) is 11.3 Å². The maximum absolute atomic E-state index is 12.7. The van der Waals surface area contributed by atoms with Crippen LogP contribution in [0.4, 0.5) is 5.82 Å². The molecule has 2 heterocycles. The van der Waals surface area contributed by atoms with Crippen LogP contribution in [-0.4, -0.2) is 25.2 Å². The van der Waals surface area contributed by atoms with Crippen LogP contribution in [0.1, 0.15) is 31.7 Å². The Morgan fingerprint density at radius 1 is 1.26 bits per heavy atom. The summed E-state index contributed by atoms with van der Waals surface area (Å²) in [6.45, 7) is -0.165. The molecule has 0 aliphatic heterocycles. The van der Waals surface area contributed by atoms with Crippen LogP contribution >= 0.6 is 23.2 Å². The van der Waals surface area contributed by atoms with Crippen LogP contribution in [0.25, 0.3) is 10.9 Å². The molecule has 0 atom stereocenters. The number of amides is 1. The summed E-state index contributed by atoms with van der Waals surface area (Å²) in [6, 6.07) is 5.10. The topological polar surface area (TPSA) is 81.8 Å². The second-order valence-electron chi connectivity index (χ2n) is 6.61. The van der Waals surface area contributed by atoms with Gasteiger partial charge in [0.05, 0.1) is 34.5 Å². The van der Waals surface area contributed by atoms with Crippen molar-refractivity contribution in [3.8, 4) is 0 Å². The Morgan fingerprint density at radius 3 is 2.81 bits per heavy atom. The van der Waals surface area contributed by atoms with Crippen LogP contribution in [0, 0.1) is 0 Å². The molecule has 0 spiro atoms. The SMILES string of the molecule is O=C(Cn1cnc2c(Cl)cc(Cl)cc2c1=O)Nc1ccnn1C1CCCC1. The second kappa shape index (κ2) is 7.32. The van der Waals surface area contributed by atoms with Gasteiger partial charge in [0.2, 0.25) is 5.91 Å². The Hall–Kier alpha value is -2.38. The van der Waals surface area contributed by atoms with Gasteiger partial charge in [-0.15, -0.1) is 0 Å². The number of aromatic nitrogens is 4. The molecule has 0 saturated heterocycles. The fraction of sp³-hybridized carbons (Fsp3) is 0.333. The number of nitrogens with zero attached hydrogens (tertiary/aromatic N) is 4. The Bertz CT molecular complexity index is 1070. The second-order valence-corrected chi connectivity index (χ2v) is 7.45. The van der Waals surface area contributed by atoms with E-state index in [1.54, 1.807) is 12.3 Å². The van der Waals surface area contributed by atoms with E-state index in [1.165, 1.54) is 35.9 Å². The molecular weight excluding hydrogens is 389 g/mol. The number of benzene rings is 1. The molecule has 7 nitrogen and oxygen atoms in total. The molecule has 1 amide bonds. The summed E-state index contributed by atoms with van der Waals surface area (Å²) in [4.78, 5) is 29.3. The average molecular weight is 406 g/mol. The van der Waals surface area contributed by atoms with E-state index in [0.717, 1.165) is 12.8 Å². The fourth-order valence-corrected chi connectivity index (χ4v) is 4.04. The van der Waals surface area contributed by atoms with Crippen molar-refractivity contribution >= 4 is 45.8 Å². The minimum absolute atomic E-state index is 0.165. The van der Waals surface area contributed by atoms with Crippen molar-refractivity contribution in [2.45, 2.75) is 38.3 Å². The lowest BCUT2D eigenvalue weighted by Gasteiger charge is -2.15. The zero-order valence-corrected chi connectivity index (χ0v) is 15.9. The van der Waals surface area contributed by atoms with Crippen LogP contribution in [0.2, 0.25) is 10.0 Å². The average Bonchev–Trinajstić information content (AvgIpc) is 3.29. The third-order valence-electron chi connectivity index (χ3n) is 4.77. The molecule has 27 heavy (non-hydrogen) atoms. The van der Waals surface area contributed by atoms with E-state index in [-0.39, 0.29) is 23.4 Å². The standard InChI is InChI=1S/C18H17Cl2N5O2/c19-11-7-13-17(14(20)8-11)21-10-24(18(13)27)9-16(26)23-15-5-6-22-25(15)12-3-1-2-4-12/h5-8,10,12H,1-4,9H2,(H,23,26). The fourth-order valence-electron chi connectivity index (χ4n) is 3.50. The van der Waals surface area contributed by atoms with Crippen molar-refractivity contribution < 1.29 is 4.79 Å². The maximum atomic E-state index is 12.7. The Morgan fingerprint density at radius 2 is 2.04 bits per heavy atom. The van der Waals surface area contributed by atoms with Gasteiger partial charge in [-0.1, -0.05) is 36.0 Å². The summed E-state index contributed by atoms with van der Waals surface area (Å²) in [7, 11) is 0. The molecule has 4 rings (SSSR count). The van der Waals surface area contributed by atoms with E-state index in [4.69, 9.17) is 23.2 Å². The number of halogens is 2. The molecule has 140 valence electrons. The summed E-state index contributed by atoms with van der Waals surface area (Å²) < 4.78 is 3.09. The minimum atomic E-state index is -0.371. The Kier molecular flexibility index (Phi) is 4.88. The van der Waals surface area contributed by atoms with Gasteiger partial charge in [-0.05, 0) is 25.0 Å². The summed E-state index contributed by atoms with van der Waals surface area (Å²) >= 11 is 12.1. The number of hydrogen-bond acceptors (Lipinski definition) is 4. The predicted molar refractivity (Wildman–Crippen MR) is 104 cm³/mol. The third kappa shape index (κ3) is 3.57. The van der Waals surface area contributed by atoms with Gasteiger partial charge in [0.25, 0.3) is 5.56 Å². The van der Waals surface area contributed by atoms with Crippen LogP contribution in [0.3, 0.4) is 0 Å². The molecule has 0 bridgehead atoms. The van der Waals surface area contributed by atoms with Crippen molar-refractivity contribution in [3.63, 3.8) is 0 Å². The lowest BCUT2D eigenvalue weighted by molar-refractivity contribution is -0.116. The molecule has 1 fully saturated rings. The maximum Gasteiger partial charge on any atom is 0.261 e. The molecule has 1 aliphatic carbocycles. The molecule has 1 aliphatic rings. The number of anilines is 1. The zero-order valence-electron chi connectivity index (χ0n) is 14.4. The van der Waals surface area contributed by atoms with Crippen molar-refractivity contribution in [2.24, 2.45) is 0 Å². The van der Waals surface area contributed by atoms with Crippen molar-refractivity contribution in [3.05, 3.63) is 51.1 Å². The number of carbonyl (C=O) groups is 1.